The summed E-state index contributed by atoms with van der Waals surface area (Å²) in [5.41, 5.74) is 0.717. The van der Waals surface area contributed by atoms with Gasteiger partial charge in [-0.3, -0.25) is 4.79 Å². The van der Waals surface area contributed by atoms with Crippen molar-refractivity contribution >= 4 is 21.6 Å². The molecule has 7 nitrogen and oxygen atoms in total. The lowest BCUT2D eigenvalue weighted by atomic mass is 10.3. The van der Waals surface area contributed by atoms with E-state index in [1.54, 1.807) is 41.3 Å². The molecule has 0 aromatic heterocycles. The molecule has 2 aromatic rings. The van der Waals surface area contributed by atoms with E-state index in [1.165, 1.54) is 19.2 Å². The number of ether oxygens (including phenoxy) is 2. The lowest BCUT2D eigenvalue weighted by Gasteiger charge is -2.18. The highest BCUT2D eigenvalue weighted by molar-refractivity contribution is 7.89. The van der Waals surface area contributed by atoms with Crippen molar-refractivity contribution < 1.29 is 22.7 Å². The van der Waals surface area contributed by atoms with E-state index >= 15 is 0 Å². The maximum Gasteiger partial charge on any atom is 0.240 e. The molecule has 0 bridgehead atoms. The first kappa shape index (κ1) is 19.2. The first-order valence-electron chi connectivity index (χ1n) is 8.62. The van der Waals surface area contributed by atoms with Gasteiger partial charge in [0.25, 0.3) is 0 Å². The molecule has 1 aliphatic rings. The Morgan fingerprint density at radius 3 is 2.30 bits per heavy atom. The van der Waals surface area contributed by atoms with Gasteiger partial charge in [-0.05, 0) is 55.5 Å². The number of hydrogen-bond acceptors (Lipinski definition) is 5. The number of carbonyl (C=O) groups is 1. The zero-order valence-electron chi connectivity index (χ0n) is 15.2. The standard InChI is InChI=1S/C19H22N2O5S/c1-3-26-17-6-4-15(5-7-17)21-13-14(12-19(21)22)20-27(23,24)18-10-8-16(25-2)9-11-18/h4-11,14,20H,3,12-13H2,1-2H3/t14-/m0/s1. The lowest BCUT2D eigenvalue weighted by Crippen LogP contribution is -2.37. The van der Waals surface area contributed by atoms with Crippen LogP contribution in [0.1, 0.15) is 13.3 Å². The maximum atomic E-state index is 12.6. The van der Waals surface area contributed by atoms with Gasteiger partial charge in [-0.2, -0.15) is 0 Å². The van der Waals surface area contributed by atoms with E-state index in [-0.39, 0.29) is 23.8 Å². The minimum absolute atomic E-state index is 0.114. The average Bonchev–Trinajstić information content (AvgIpc) is 3.02. The van der Waals surface area contributed by atoms with Crippen molar-refractivity contribution in [3.8, 4) is 11.5 Å². The highest BCUT2D eigenvalue weighted by atomic mass is 32.2. The summed E-state index contributed by atoms with van der Waals surface area (Å²) in [7, 11) is -2.20. The summed E-state index contributed by atoms with van der Waals surface area (Å²) in [5, 5.41) is 0. The van der Waals surface area contributed by atoms with E-state index in [4.69, 9.17) is 9.47 Å². The fourth-order valence-electron chi connectivity index (χ4n) is 2.97. The fourth-order valence-corrected chi connectivity index (χ4v) is 4.19. The van der Waals surface area contributed by atoms with Crippen LogP contribution in [0.3, 0.4) is 0 Å². The van der Waals surface area contributed by atoms with E-state index in [0.29, 0.717) is 12.4 Å². The van der Waals surface area contributed by atoms with Crippen LogP contribution in [-0.4, -0.2) is 40.6 Å². The summed E-state index contributed by atoms with van der Waals surface area (Å²) >= 11 is 0. The van der Waals surface area contributed by atoms with E-state index in [9.17, 15) is 13.2 Å². The van der Waals surface area contributed by atoms with Crippen LogP contribution in [0.15, 0.2) is 53.4 Å². The molecule has 1 N–H and O–H groups in total. The molecular formula is C19H22N2O5S. The SMILES string of the molecule is CCOc1ccc(N2C[C@@H](NS(=O)(=O)c3ccc(OC)cc3)CC2=O)cc1. The third kappa shape index (κ3) is 4.40. The van der Waals surface area contributed by atoms with Gasteiger partial charge in [0.15, 0.2) is 0 Å². The van der Waals surface area contributed by atoms with E-state index in [0.717, 1.165) is 11.4 Å². The number of anilines is 1. The molecule has 8 heteroatoms. The molecule has 0 radical (unpaired) electrons. The van der Waals surface area contributed by atoms with Gasteiger partial charge in [0.05, 0.1) is 18.6 Å². The highest BCUT2D eigenvalue weighted by Gasteiger charge is 2.33. The third-order valence-corrected chi connectivity index (χ3v) is 5.81. The molecule has 0 aliphatic carbocycles. The van der Waals surface area contributed by atoms with Gasteiger partial charge in [-0.25, -0.2) is 13.1 Å². The zero-order chi connectivity index (χ0) is 19.4. The van der Waals surface area contributed by atoms with Gasteiger partial charge in [0.1, 0.15) is 11.5 Å². The fraction of sp³-hybridized carbons (Fsp3) is 0.316. The average molecular weight is 390 g/mol. The Hall–Kier alpha value is -2.58. The molecule has 0 saturated carbocycles. The summed E-state index contributed by atoms with van der Waals surface area (Å²) in [6, 6.07) is 12.8. The molecule has 3 rings (SSSR count). The van der Waals surface area contributed by atoms with E-state index in [2.05, 4.69) is 4.72 Å². The summed E-state index contributed by atoms with van der Waals surface area (Å²) in [6.07, 6.45) is 0.114. The topological polar surface area (TPSA) is 84.9 Å². The van der Waals surface area contributed by atoms with Crippen LogP contribution < -0.4 is 19.1 Å². The minimum atomic E-state index is -3.72. The van der Waals surface area contributed by atoms with Crippen molar-refractivity contribution in [2.75, 3.05) is 25.2 Å². The summed E-state index contributed by atoms with van der Waals surface area (Å²) in [6.45, 7) is 2.75. The Kier molecular flexibility index (Phi) is 5.67. The normalized spacial score (nSPS) is 17.2. The molecule has 1 aliphatic heterocycles. The van der Waals surface area contributed by atoms with E-state index in [1.807, 2.05) is 6.92 Å². The van der Waals surface area contributed by atoms with Crippen LogP contribution in [0.25, 0.3) is 0 Å². The van der Waals surface area contributed by atoms with Crippen molar-refractivity contribution in [1.29, 1.82) is 0 Å². The van der Waals surface area contributed by atoms with Crippen molar-refractivity contribution in [2.24, 2.45) is 0 Å². The molecule has 0 unspecified atom stereocenters. The monoisotopic (exact) mass is 390 g/mol. The molecule has 27 heavy (non-hydrogen) atoms. The smallest absolute Gasteiger partial charge is 0.240 e. The second-order valence-corrected chi connectivity index (χ2v) is 7.84. The molecule has 1 fully saturated rings. The van der Waals surface area contributed by atoms with Crippen LogP contribution in [0.2, 0.25) is 0 Å². The number of sulfonamides is 1. The Balaban J connectivity index is 1.69. The second-order valence-electron chi connectivity index (χ2n) is 6.13. The molecule has 1 heterocycles. The number of hydrogen-bond donors (Lipinski definition) is 1. The molecular weight excluding hydrogens is 368 g/mol. The van der Waals surface area contributed by atoms with Gasteiger partial charge in [-0.1, -0.05) is 0 Å². The predicted molar refractivity (Wildman–Crippen MR) is 102 cm³/mol. The summed E-state index contributed by atoms with van der Waals surface area (Å²) in [4.78, 5) is 14.1. The van der Waals surface area contributed by atoms with Crippen LogP contribution in [-0.2, 0) is 14.8 Å². The number of rotatable bonds is 7. The molecule has 1 amide bonds. The van der Waals surface area contributed by atoms with Gasteiger partial charge >= 0.3 is 0 Å². The Labute approximate surface area is 158 Å². The van der Waals surface area contributed by atoms with Crippen LogP contribution >= 0.6 is 0 Å². The number of amides is 1. The van der Waals surface area contributed by atoms with Crippen molar-refractivity contribution in [3.05, 3.63) is 48.5 Å². The maximum absolute atomic E-state index is 12.6. The van der Waals surface area contributed by atoms with Gasteiger partial charge < -0.3 is 14.4 Å². The zero-order valence-corrected chi connectivity index (χ0v) is 16.0. The number of carbonyl (C=O) groups excluding carboxylic acids is 1. The number of nitrogens with zero attached hydrogens (tertiary/aromatic N) is 1. The molecule has 0 spiro atoms. The molecule has 1 atom stereocenters. The quantitative estimate of drug-likeness (QED) is 0.783. The second kappa shape index (κ2) is 7.98. The molecule has 144 valence electrons. The number of methoxy groups -OCH3 is 1. The largest absolute Gasteiger partial charge is 0.497 e. The van der Waals surface area contributed by atoms with Gasteiger partial charge in [-0.15, -0.1) is 0 Å². The number of nitrogens with one attached hydrogen (secondary N) is 1. The first-order valence-corrected chi connectivity index (χ1v) is 10.1. The van der Waals surface area contributed by atoms with Gasteiger partial charge in [0, 0.05) is 24.7 Å². The van der Waals surface area contributed by atoms with Crippen LogP contribution in [0.4, 0.5) is 5.69 Å². The Bertz CT molecular complexity index is 895. The summed E-state index contributed by atoms with van der Waals surface area (Å²) in [5.74, 6) is 1.18. The molecule has 1 saturated heterocycles. The molecule has 2 aromatic carbocycles. The van der Waals surface area contributed by atoms with Crippen molar-refractivity contribution in [1.82, 2.24) is 4.72 Å². The first-order chi connectivity index (χ1) is 12.9. The minimum Gasteiger partial charge on any atom is -0.497 e. The van der Waals surface area contributed by atoms with E-state index < -0.39 is 16.1 Å². The van der Waals surface area contributed by atoms with Crippen LogP contribution in [0.5, 0.6) is 11.5 Å². The Morgan fingerprint density at radius 2 is 1.70 bits per heavy atom. The number of benzene rings is 2. The van der Waals surface area contributed by atoms with Gasteiger partial charge in [0.2, 0.25) is 15.9 Å². The highest BCUT2D eigenvalue weighted by Crippen LogP contribution is 2.25. The van der Waals surface area contributed by atoms with Crippen LogP contribution in [0, 0.1) is 0 Å². The lowest BCUT2D eigenvalue weighted by molar-refractivity contribution is -0.117. The predicted octanol–water partition coefficient (Wildman–Crippen LogP) is 2.18. The Morgan fingerprint density at radius 1 is 1.07 bits per heavy atom. The third-order valence-electron chi connectivity index (χ3n) is 4.28. The van der Waals surface area contributed by atoms with Crippen molar-refractivity contribution in [3.63, 3.8) is 0 Å². The van der Waals surface area contributed by atoms with Crippen molar-refractivity contribution in [2.45, 2.75) is 24.3 Å². The summed E-state index contributed by atoms with van der Waals surface area (Å²) < 4.78 is 38.2.